The Kier molecular flexibility index (Phi) is 3.30. The second-order valence-corrected chi connectivity index (χ2v) is 3.69. The molecule has 0 radical (unpaired) electrons. The van der Waals surface area contributed by atoms with Gasteiger partial charge in [0.05, 0.1) is 0 Å². The molecule has 0 spiro atoms. The molecule has 0 fully saturated rings. The molecule has 0 atom stereocenters. The van der Waals surface area contributed by atoms with Gasteiger partial charge in [-0.05, 0) is 30.3 Å². The lowest BCUT2D eigenvalue weighted by molar-refractivity contribution is -0.130. The number of hydrogen-bond donors (Lipinski definition) is 0. The summed E-state index contributed by atoms with van der Waals surface area (Å²) in [6.07, 6.45) is 1.07. The van der Waals surface area contributed by atoms with Crippen LogP contribution in [-0.4, -0.2) is 5.97 Å². The molecule has 0 unspecified atom stereocenters. The maximum atomic E-state index is 11.0. The Morgan fingerprint density at radius 2 is 1.94 bits per heavy atom. The second kappa shape index (κ2) is 4.89. The minimum Gasteiger partial charge on any atom is -0.425 e. The van der Waals surface area contributed by atoms with Crippen molar-refractivity contribution in [2.24, 2.45) is 0 Å². The zero-order chi connectivity index (χ0) is 12.3. The average Bonchev–Trinajstić information content (AvgIpc) is 2.78. The van der Waals surface area contributed by atoms with Crippen LogP contribution in [0, 0.1) is 0 Å². The summed E-state index contributed by atoms with van der Waals surface area (Å²) in [6, 6.07) is 10.4. The van der Waals surface area contributed by atoms with Gasteiger partial charge in [0.2, 0.25) is 0 Å². The first-order valence-electron chi connectivity index (χ1n) is 4.89. The van der Waals surface area contributed by atoms with Crippen molar-refractivity contribution in [2.75, 3.05) is 0 Å². The molecular formula is C13H9ClO3. The van der Waals surface area contributed by atoms with Gasteiger partial charge in [-0.25, -0.2) is 4.79 Å². The maximum Gasteiger partial charge on any atom is 0.337 e. The zero-order valence-electron chi connectivity index (χ0n) is 8.85. The highest BCUT2D eigenvalue weighted by Gasteiger charge is 2.07. The molecule has 86 valence electrons. The molecule has 2 rings (SSSR count). The van der Waals surface area contributed by atoms with Crippen molar-refractivity contribution >= 4 is 17.6 Å². The van der Waals surface area contributed by atoms with Crippen LogP contribution in [0.25, 0.3) is 11.3 Å². The van der Waals surface area contributed by atoms with Crippen LogP contribution in [-0.2, 0) is 4.79 Å². The van der Waals surface area contributed by atoms with Crippen LogP contribution in [0.2, 0.25) is 5.02 Å². The van der Waals surface area contributed by atoms with E-state index in [0.717, 1.165) is 11.6 Å². The third-order valence-corrected chi connectivity index (χ3v) is 2.33. The molecule has 0 amide bonds. The first-order chi connectivity index (χ1) is 8.19. The van der Waals surface area contributed by atoms with Crippen molar-refractivity contribution in [3.8, 4) is 17.3 Å². The first kappa shape index (κ1) is 11.5. The van der Waals surface area contributed by atoms with E-state index in [0.29, 0.717) is 10.8 Å². The quantitative estimate of drug-likeness (QED) is 0.614. The highest BCUT2D eigenvalue weighted by molar-refractivity contribution is 6.30. The summed E-state index contributed by atoms with van der Waals surface area (Å²) in [7, 11) is 0. The van der Waals surface area contributed by atoms with Gasteiger partial charge in [-0.15, -0.1) is 0 Å². The van der Waals surface area contributed by atoms with E-state index in [9.17, 15) is 4.79 Å². The summed E-state index contributed by atoms with van der Waals surface area (Å²) in [6.45, 7) is 3.30. The second-order valence-electron chi connectivity index (χ2n) is 3.25. The van der Waals surface area contributed by atoms with Gasteiger partial charge in [0, 0.05) is 22.7 Å². The highest BCUT2D eigenvalue weighted by atomic mass is 35.5. The van der Waals surface area contributed by atoms with Crippen LogP contribution in [0.5, 0.6) is 5.95 Å². The third-order valence-electron chi connectivity index (χ3n) is 2.08. The van der Waals surface area contributed by atoms with Gasteiger partial charge in [-0.3, -0.25) is 0 Å². The van der Waals surface area contributed by atoms with Crippen LogP contribution >= 0.6 is 11.6 Å². The first-order valence-corrected chi connectivity index (χ1v) is 5.27. The van der Waals surface area contributed by atoms with Crippen LogP contribution < -0.4 is 4.74 Å². The van der Waals surface area contributed by atoms with Crippen LogP contribution in [0.15, 0.2) is 53.5 Å². The van der Waals surface area contributed by atoms with Gasteiger partial charge < -0.3 is 9.15 Å². The Morgan fingerprint density at radius 3 is 2.59 bits per heavy atom. The fraction of sp³-hybridized carbons (Fsp3) is 0. The van der Waals surface area contributed by atoms with E-state index < -0.39 is 5.97 Å². The molecule has 0 saturated carbocycles. The number of halogens is 1. The number of rotatable bonds is 3. The summed E-state index contributed by atoms with van der Waals surface area (Å²) < 4.78 is 10.2. The van der Waals surface area contributed by atoms with E-state index in [1.54, 1.807) is 24.3 Å². The lowest BCUT2D eigenvalue weighted by Crippen LogP contribution is -2.01. The monoisotopic (exact) mass is 248 g/mol. The standard InChI is InChI=1S/C13H9ClO3/c1-2-12(15)17-13-8-7-11(16-13)9-3-5-10(14)6-4-9/h2-8H,1H2. The van der Waals surface area contributed by atoms with E-state index in [4.69, 9.17) is 20.8 Å². The van der Waals surface area contributed by atoms with Crippen molar-refractivity contribution in [2.45, 2.75) is 0 Å². The number of carbonyl (C=O) groups excluding carboxylic acids is 1. The lowest BCUT2D eigenvalue weighted by Gasteiger charge is -1.97. The summed E-state index contributed by atoms with van der Waals surface area (Å²) in [5.74, 6) is 0.190. The molecule has 3 nitrogen and oxygen atoms in total. The van der Waals surface area contributed by atoms with Crippen molar-refractivity contribution in [1.82, 2.24) is 0 Å². The molecule has 0 bridgehead atoms. The average molecular weight is 249 g/mol. The predicted octanol–water partition coefficient (Wildman–Crippen LogP) is 3.69. The molecule has 0 aliphatic carbocycles. The molecule has 0 N–H and O–H groups in total. The van der Waals surface area contributed by atoms with Gasteiger partial charge in [0.15, 0.2) is 0 Å². The molecule has 0 aliphatic heterocycles. The number of esters is 1. The Labute approximate surface area is 103 Å². The molecule has 2 aromatic rings. The minimum absolute atomic E-state index is 0.139. The van der Waals surface area contributed by atoms with Crippen molar-refractivity contribution in [3.05, 3.63) is 54.1 Å². The van der Waals surface area contributed by atoms with Crippen LogP contribution in [0.1, 0.15) is 0 Å². The fourth-order valence-electron chi connectivity index (χ4n) is 1.29. The fourth-order valence-corrected chi connectivity index (χ4v) is 1.41. The van der Waals surface area contributed by atoms with Crippen molar-refractivity contribution < 1.29 is 13.9 Å². The maximum absolute atomic E-state index is 11.0. The van der Waals surface area contributed by atoms with Gasteiger partial charge in [-0.1, -0.05) is 18.2 Å². The largest absolute Gasteiger partial charge is 0.425 e. The normalized spacial score (nSPS) is 9.94. The highest BCUT2D eigenvalue weighted by Crippen LogP contribution is 2.27. The molecule has 4 heteroatoms. The van der Waals surface area contributed by atoms with E-state index in [1.807, 2.05) is 12.1 Å². The number of ether oxygens (including phenoxy) is 1. The Hall–Kier alpha value is -2.00. The molecule has 1 aromatic heterocycles. The van der Waals surface area contributed by atoms with E-state index in [1.165, 1.54) is 0 Å². The summed E-state index contributed by atoms with van der Waals surface area (Å²) >= 11 is 5.78. The van der Waals surface area contributed by atoms with Gasteiger partial charge >= 0.3 is 5.97 Å². The van der Waals surface area contributed by atoms with Crippen molar-refractivity contribution in [3.63, 3.8) is 0 Å². The van der Waals surface area contributed by atoms with E-state index in [-0.39, 0.29) is 5.95 Å². The molecular weight excluding hydrogens is 240 g/mol. The Bertz CT molecular complexity index is 540. The topological polar surface area (TPSA) is 39.4 Å². The molecule has 1 heterocycles. The summed E-state index contributed by atoms with van der Waals surface area (Å²) in [5.41, 5.74) is 0.857. The molecule has 0 aliphatic rings. The van der Waals surface area contributed by atoms with Gasteiger partial charge in [0.25, 0.3) is 5.95 Å². The smallest absolute Gasteiger partial charge is 0.337 e. The summed E-state index contributed by atoms with van der Waals surface area (Å²) in [4.78, 5) is 11.0. The van der Waals surface area contributed by atoms with Gasteiger partial charge in [0.1, 0.15) is 5.76 Å². The minimum atomic E-state index is -0.554. The number of benzene rings is 1. The van der Waals surface area contributed by atoms with E-state index >= 15 is 0 Å². The Balaban J connectivity index is 2.20. The third kappa shape index (κ3) is 2.77. The molecule has 0 saturated heterocycles. The summed E-state index contributed by atoms with van der Waals surface area (Å²) in [5, 5.41) is 0.651. The lowest BCUT2D eigenvalue weighted by atomic mass is 10.2. The van der Waals surface area contributed by atoms with Gasteiger partial charge in [-0.2, -0.15) is 0 Å². The van der Waals surface area contributed by atoms with Crippen LogP contribution in [0.4, 0.5) is 0 Å². The zero-order valence-corrected chi connectivity index (χ0v) is 9.61. The van der Waals surface area contributed by atoms with Crippen molar-refractivity contribution in [1.29, 1.82) is 0 Å². The van der Waals surface area contributed by atoms with Crippen LogP contribution in [0.3, 0.4) is 0 Å². The number of hydrogen-bond acceptors (Lipinski definition) is 3. The molecule has 17 heavy (non-hydrogen) atoms. The Morgan fingerprint density at radius 1 is 1.24 bits per heavy atom. The predicted molar refractivity (Wildman–Crippen MR) is 65.0 cm³/mol. The van der Waals surface area contributed by atoms with E-state index in [2.05, 4.69) is 6.58 Å². The number of carbonyl (C=O) groups is 1. The SMILES string of the molecule is C=CC(=O)Oc1ccc(-c2ccc(Cl)cc2)o1. The number of furan rings is 1. The molecule has 1 aromatic carbocycles.